The van der Waals surface area contributed by atoms with Gasteiger partial charge in [-0.25, -0.2) is 0 Å². The van der Waals surface area contributed by atoms with Gasteiger partial charge in [0, 0.05) is 0 Å². The van der Waals surface area contributed by atoms with E-state index in [0.717, 1.165) is 24.9 Å². The second-order valence-corrected chi connectivity index (χ2v) is 4.82. The fourth-order valence-corrected chi connectivity index (χ4v) is 2.24. The van der Waals surface area contributed by atoms with Crippen molar-refractivity contribution in [1.82, 2.24) is 4.90 Å². The van der Waals surface area contributed by atoms with Crippen molar-refractivity contribution in [3.05, 3.63) is 0 Å². The Balaban J connectivity index is 2.43. The zero-order valence-corrected chi connectivity index (χ0v) is 9.98. The van der Waals surface area contributed by atoms with Crippen LogP contribution in [0.1, 0.15) is 33.6 Å². The standard InChI is InChI=1S/C11H23N3O/c1-8(2)10-4-6-14(7-5-10)9(3)11(12)13-15/h8-10,15H,4-7H2,1-3H3,(H2,12,13). The molecule has 1 saturated heterocycles. The summed E-state index contributed by atoms with van der Waals surface area (Å²) in [5.41, 5.74) is 5.60. The maximum absolute atomic E-state index is 8.61. The van der Waals surface area contributed by atoms with Crippen LogP contribution >= 0.6 is 0 Å². The van der Waals surface area contributed by atoms with E-state index >= 15 is 0 Å². The first-order valence-electron chi connectivity index (χ1n) is 5.77. The molecule has 0 aromatic rings. The number of likely N-dealkylation sites (tertiary alicyclic amines) is 1. The minimum atomic E-state index is 0.0584. The Morgan fingerprint density at radius 3 is 2.27 bits per heavy atom. The monoisotopic (exact) mass is 213 g/mol. The molecule has 1 atom stereocenters. The molecular formula is C11H23N3O. The molecule has 0 bridgehead atoms. The number of hydrogen-bond donors (Lipinski definition) is 2. The van der Waals surface area contributed by atoms with Crippen LogP contribution in [-0.4, -0.2) is 35.1 Å². The summed E-state index contributed by atoms with van der Waals surface area (Å²) in [5.74, 6) is 1.92. The average molecular weight is 213 g/mol. The Morgan fingerprint density at radius 2 is 1.87 bits per heavy atom. The second kappa shape index (κ2) is 5.35. The van der Waals surface area contributed by atoms with E-state index in [2.05, 4.69) is 23.9 Å². The number of hydrogen-bond acceptors (Lipinski definition) is 3. The third-order valence-electron chi connectivity index (χ3n) is 3.61. The first-order chi connectivity index (χ1) is 7.06. The Labute approximate surface area is 92.1 Å². The van der Waals surface area contributed by atoms with Crippen LogP contribution in [-0.2, 0) is 0 Å². The van der Waals surface area contributed by atoms with Gasteiger partial charge in [0.1, 0.15) is 0 Å². The maximum Gasteiger partial charge on any atom is 0.156 e. The summed E-state index contributed by atoms with van der Waals surface area (Å²) in [5, 5.41) is 11.7. The summed E-state index contributed by atoms with van der Waals surface area (Å²) < 4.78 is 0. The molecule has 1 fully saturated rings. The van der Waals surface area contributed by atoms with Gasteiger partial charge in [-0.2, -0.15) is 0 Å². The van der Waals surface area contributed by atoms with E-state index in [1.807, 2.05) is 6.92 Å². The van der Waals surface area contributed by atoms with Gasteiger partial charge in [0.25, 0.3) is 0 Å². The Bertz CT molecular complexity index is 220. The molecule has 1 aliphatic heterocycles. The Morgan fingerprint density at radius 1 is 1.33 bits per heavy atom. The third kappa shape index (κ3) is 3.09. The van der Waals surface area contributed by atoms with Crippen LogP contribution < -0.4 is 5.73 Å². The van der Waals surface area contributed by atoms with Crippen LogP contribution in [0, 0.1) is 11.8 Å². The highest BCUT2D eigenvalue weighted by molar-refractivity contribution is 5.84. The van der Waals surface area contributed by atoms with Gasteiger partial charge >= 0.3 is 0 Å². The highest BCUT2D eigenvalue weighted by atomic mass is 16.4. The Kier molecular flexibility index (Phi) is 4.39. The fraction of sp³-hybridized carbons (Fsp3) is 0.909. The molecule has 1 rings (SSSR count). The van der Waals surface area contributed by atoms with Crippen molar-refractivity contribution in [2.24, 2.45) is 22.7 Å². The zero-order chi connectivity index (χ0) is 11.4. The molecule has 4 heteroatoms. The molecule has 0 radical (unpaired) electrons. The lowest BCUT2D eigenvalue weighted by molar-refractivity contribution is 0.144. The average Bonchev–Trinajstić information content (AvgIpc) is 2.27. The van der Waals surface area contributed by atoms with Gasteiger partial charge in [-0.05, 0) is 44.7 Å². The lowest BCUT2D eigenvalue weighted by Crippen LogP contribution is -2.47. The zero-order valence-electron chi connectivity index (χ0n) is 9.98. The predicted molar refractivity (Wildman–Crippen MR) is 62.0 cm³/mol. The summed E-state index contributed by atoms with van der Waals surface area (Å²) in [6, 6.07) is 0.0584. The summed E-state index contributed by atoms with van der Waals surface area (Å²) >= 11 is 0. The van der Waals surface area contributed by atoms with Gasteiger partial charge in [-0.1, -0.05) is 19.0 Å². The van der Waals surface area contributed by atoms with Gasteiger partial charge in [0.15, 0.2) is 5.84 Å². The molecule has 1 unspecified atom stereocenters. The van der Waals surface area contributed by atoms with Crippen LogP contribution in [0.15, 0.2) is 5.16 Å². The van der Waals surface area contributed by atoms with Crippen molar-refractivity contribution >= 4 is 5.84 Å². The van der Waals surface area contributed by atoms with E-state index in [4.69, 9.17) is 10.9 Å². The number of oxime groups is 1. The van der Waals surface area contributed by atoms with E-state index in [-0.39, 0.29) is 6.04 Å². The number of nitrogens with zero attached hydrogens (tertiary/aromatic N) is 2. The summed E-state index contributed by atoms with van der Waals surface area (Å²) in [7, 11) is 0. The number of nitrogens with two attached hydrogens (primary N) is 1. The molecular weight excluding hydrogens is 190 g/mol. The summed E-state index contributed by atoms with van der Waals surface area (Å²) in [6.45, 7) is 8.67. The van der Waals surface area contributed by atoms with Gasteiger partial charge in [0.2, 0.25) is 0 Å². The topological polar surface area (TPSA) is 61.8 Å². The van der Waals surface area contributed by atoms with Crippen molar-refractivity contribution in [3.8, 4) is 0 Å². The van der Waals surface area contributed by atoms with Crippen LogP contribution in [0.2, 0.25) is 0 Å². The highest BCUT2D eigenvalue weighted by Crippen LogP contribution is 2.25. The quantitative estimate of drug-likeness (QED) is 0.323. The summed E-state index contributed by atoms with van der Waals surface area (Å²) in [4.78, 5) is 2.29. The molecule has 0 amide bonds. The van der Waals surface area contributed by atoms with E-state index < -0.39 is 0 Å². The van der Waals surface area contributed by atoms with Crippen LogP contribution in [0.3, 0.4) is 0 Å². The summed E-state index contributed by atoms with van der Waals surface area (Å²) in [6.07, 6.45) is 2.45. The number of amidine groups is 1. The maximum atomic E-state index is 8.61. The normalized spacial score (nSPS) is 23.3. The van der Waals surface area contributed by atoms with Crippen molar-refractivity contribution in [2.75, 3.05) is 13.1 Å². The molecule has 0 aromatic heterocycles. The molecule has 3 N–H and O–H groups in total. The first-order valence-corrected chi connectivity index (χ1v) is 5.77. The van der Waals surface area contributed by atoms with E-state index in [9.17, 15) is 0 Å². The van der Waals surface area contributed by atoms with Crippen molar-refractivity contribution < 1.29 is 5.21 Å². The molecule has 0 aromatic carbocycles. The van der Waals surface area contributed by atoms with Crippen molar-refractivity contribution in [2.45, 2.75) is 39.7 Å². The highest BCUT2D eigenvalue weighted by Gasteiger charge is 2.25. The lowest BCUT2D eigenvalue weighted by Gasteiger charge is -2.36. The minimum absolute atomic E-state index is 0.0584. The van der Waals surface area contributed by atoms with Gasteiger partial charge < -0.3 is 10.9 Å². The lowest BCUT2D eigenvalue weighted by atomic mass is 9.86. The van der Waals surface area contributed by atoms with E-state index in [1.165, 1.54) is 12.8 Å². The number of rotatable bonds is 3. The SMILES string of the molecule is CC(C)C1CCN(C(C)C(N)=NO)CC1. The molecule has 4 nitrogen and oxygen atoms in total. The second-order valence-electron chi connectivity index (χ2n) is 4.82. The third-order valence-corrected chi connectivity index (χ3v) is 3.61. The van der Waals surface area contributed by atoms with Crippen LogP contribution in [0.25, 0.3) is 0 Å². The predicted octanol–water partition coefficient (Wildman–Crippen LogP) is 1.49. The molecule has 88 valence electrons. The van der Waals surface area contributed by atoms with Crippen molar-refractivity contribution in [3.63, 3.8) is 0 Å². The van der Waals surface area contributed by atoms with E-state index in [1.54, 1.807) is 0 Å². The van der Waals surface area contributed by atoms with Gasteiger partial charge in [0.05, 0.1) is 6.04 Å². The minimum Gasteiger partial charge on any atom is -0.409 e. The molecule has 0 spiro atoms. The Hall–Kier alpha value is -0.770. The smallest absolute Gasteiger partial charge is 0.156 e. The van der Waals surface area contributed by atoms with Gasteiger partial charge in [-0.3, -0.25) is 4.90 Å². The fourth-order valence-electron chi connectivity index (χ4n) is 2.24. The number of piperidine rings is 1. The van der Waals surface area contributed by atoms with E-state index in [0.29, 0.717) is 5.84 Å². The van der Waals surface area contributed by atoms with Crippen LogP contribution in [0.5, 0.6) is 0 Å². The first kappa shape index (κ1) is 12.3. The molecule has 0 saturated carbocycles. The van der Waals surface area contributed by atoms with Crippen molar-refractivity contribution in [1.29, 1.82) is 0 Å². The molecule has 1 heterocycles. The molecule has 0 aliphatic carbocycles. The largest absolute Gasteiger partial charge is 0.409 e. The van der Waals surface area contributed by atoms with Crippen LogP contribution in [0.4, 0.5) is 0 Å². The van der Waals surface area contributed by atoms with Gasteiger partial charge in [-0.15, -0.1) is 0 Å². The molecule has 1 aliphatic rings. The molecule has 15 heavy (non-hydrogen) atoms.